The van der Waals surface area contributed by atoms with Gasteiger partial charge in [-0.05, 0) is 24.6 Å². The highest BCUT2D eigenvalue weighted by Crippen LogP contribution is 2.14. The van der Waals surface area contributed by atoms with Crippen LogP contribution >= 0.6 is 11.6 Å². The summed E-state index contributed by atoms with van der Waals surface area (Å²) in [6, 6.07) is 7.33. The zero-order valence-electron chi connectivity index (χ0n) is 9.24. The molecule has 0 aliphatic rings. The molecule has 0 saturated carbocycles. The van der Waals surface area contributed by atoms with E-state index < -0.39 is 5.82 Å². The lowest BCUT2D eigenvalue weighted by atomic mass is 10.1. The smallest absolute Gasteiger partial charge is 0.186 e. The van der Waals surface area contributed by atoms with Crippen molar-refractivity contribution < 1.29 is 4.39 Å². The molecule has 0 bridgehead atoms. The predicted molar refractivity (Wildman–Crippen MR) is 65.4 cm³/mol. The Bertz CT molecular complexity index is 517. The number of aromatic nitrogens is 2. The van der Waals surface area contributed by atoms with Crippen LogP contribution < -0.4 is 5.73 Å². The van der Waals surface area contributed by atoms with Crippen LogP contribution in [-0.2, 0) is 6.42 Å². The average molecular weight is 252 g/mol. The molecule has 2 rings (SSSR count). The van der Waals surface area contributed by atoms with Crippen molar-refractivity contribution in [3.8, 4) is 0 Å². The van der Waals surface area contributed by atoms with Gasteiger partial charge in [0.25, 0.3) is 0 Å². The molecule has 3 nitrogen and oxygen atoms in total. The Balaban J connectivity index is 2.27. The Hall–Kier alpha value is -1.68. The molecule has 0 unspecified atom stereocenters. The number of benzene rings is 1. The van der Waals surface area contributed by atoms with Crippen molar-refractivity contribution in [2.75, 3.05) is 5.73 Å². The van der Waals surface area contributed by atoms with Crippen LogP contribution in [0.15, 0.2) is 24.3 Å². The maximum atomic E-state index is 13.2. The molecule has 88 valence electrons. The molecule has 0 amide bonds. The Morgan fingerprint density at radius 2 is 1.88 bits per heavy atom. The van der Waals surface area contributed by atoms with E-state index in [1.165, 1.54) is 0 Å². The summed E-state index contributed by atoms with van der Waals surface area (Å²) in [7, 11) is 0. The van der Waals surface area contributed by atoms with Crippen LogP contribution in [0.1, 0.15) is 17.1 Å². The second-order valence-electron chi connectivity index (χ2n) is 3.73. The molecule has 0 atom stereocenters. The number of nitrogens with two attached hydrogens (primary N) is 1. The lowest BCUT2D eigenvalue weighted by Crippen LogP contribution is -2.06. The Kier molecular flexibility index (Phi) is 3.24. The summed E-state index contributed by atoms with van der Waals surface area (Å²) in [5.74, 6) is -0.157. The quantitative estimate of drug-likeness (QED) is 0.893. The van der Waals surface area contributed by atoms with Gasteiger partial charge in [0.2, 0.25) is 0 Å². The van der Waals surface area contributed by atoms with Gasteiger partial charge >= 0.3 is 0 Å². The van der Waals surface area contributed by atoms with Gasteiger partial charge in [-0.15, -0.1) is 0 Å². The first-order valence-electron chi connectivity index (χ1n) is 5.09. The van der Waals surface area contributed by atoms with Crippen LogP contribution in [0.4, 0.5) is 10.2 Å². The number of aryl methyl sites for hydroxylation is 1. The first-order chi connectivity index (χ1) is 8.06. The van der Waals surface area contributed by atoms with Crippen LogP contribution in [0.25, 0.3) is 0 Å². The van der Waals surface area contributed by atoms with E-state index in [-0.39, 0.29) is 11.5 Å². The van der Waals surface area contributed by atoms with E-state index in [2.05, 4.69) is 9.97 Å². The van der Waals surface area contributed by atoms with Crippen molar-refractivity contribution in [3.63, 3.8) is 0 Å². The first-order valence-corrected chi connectivity index (χ1v) is 5.47. The molecule has 0 saturated heterocycles. The summed E-state index contributed by atoms with van der Waals surface area (Å²) in [6.07, 6.45) is 0.502. The van der Waals surface area contributed by atoms with Gasteiger partial charge in [0.15, 0.2) is 11.6 Å². The SMILES string of the molecule is Cc1nc(Cc2ccc(Cl)cc2)nc(N)c1F. The monoisotopic (exact) mass is 251 g/mol. The first kappa shape index (κ1) is 11.8. The summed E-state index contributed by atoms with van der Waals surface area (Å²) in [5.41, 5.74) is 6.72. The topological polar surface area (TPSA) is 51.8 Å². The van der Waals surface area contributed by atoms with E-state index >= 15 is 0 Å². The lowest BCUT2D eigenvalue weighted by molar-refractivity contribution is 0.603. The van der Waals surface area contributed by atoms with Crippen LogP contribution in [-0.4, -0.2) is 9.97 Å². The third-order valence-corrected chi connectivity index (χ3v) is 2.62. The van der Waals surface area contributed by atoms with Gasteiger partial charge in [0, 0.05) is 11.4 Å². The van der Waals surface area contributed by atoms with Crippen molar-refractivity contribution in [2.45, 2.75) is 13.3 Å². The predicted octanol–water partition coefficient (Wildman–Crippen LogP) is 2.75. The number of rotatable bonds is 2. The van der Waals surface area contributed by atoms with Gasteiger partial charge in [-0.3, -0.25) is 0 Å². The van der Waals surface area contributed by atoms with Crippen molar-refractivity contribution in [1.29, 1.82) is 0 Å². The third kappa shape index (κ3) is 2.71. The van der Waals surface area contributed by atoms with Gasteiger partial charge in [0.05, 0.1) is 5.69 Å². The molecule has 0 spiro atoms. The van der Waals surface area contributed by atoms with E-state index in [4.69, 9.17) is 17.3 Å². The maximum absolute atomic E-state index is 13.2. The summed E-state index contributed by atoms with van der Waals surface area (Å²) in [5, 5.41) is 0.671. The molecule has 0 aliphatic carbocycles. The molecular weight excluding hydrogens is 241 g/mol. The Labute approximate surface area is 103 Å². The molecule has 0 radical (unpaired) electrons. The normalized spacial score (nSPS) is 10.5. The summed E-state index contributed by atoms with van der Waals surface area (Å²) in [6.45, 7) is 1.57. The minimum absolute atomic E-state index is 0.110. The molecule has 2 aromatic rings. The molecule has 5 heteroatoms. The standard InChI is InChI=1S/C12H11ClFN3/c1-7-11(14)12(15)17-10(16-7)6-8-2-4-9(13)5-3-8/h2-5H,6H2,1H3,(H2,15,16,17). The van der Waals surface area contributed by atoms with Gasteiger partial charge in [0.1, 0.15) is 5.82 Å². The third-order valence-electron chi connectivity index (χ3n) is 2.36. The van der Waals surface area contributed by atoms with Gasteiger partial charge in [-0.25, -0.2) is 14.4 Å². The van der Waals surface area contributed by atoms with Crippen molar-refractivity contribution in [1.82, 2.24) is 9.97 Å². The van der Waals surface area contributed by atoms with Gasteiger partial charge in [-0.2, -0.15) is 0 Å². The van der Waals surface area contributed by atoms with E-state index in [1.807, 2.05) is 12.1 Å². The minimum atomic E-state index is -0.551. The van der Waals surface area contributed by atoms with Crippen molar-refractivity contribution in [3.05, 3.63) is 52.2 Å². The molecule has 1 aromatic heterocycles. The Morgan fingerprint density at radius 3 is 2.47 bits per heavy atom. The summed E-state index contributed by atoms with van der Waals surface area (Å²) in [4.78, 5) is 7.96. The molecule has 1 aromatic carbocycles. The number of nitrogens with zero attached hydrogens (tertiary/aromatic N) is 2. The fourth-order valence-corrected chi connectivity index (χ4v) is 1.63. The van der Waals surface area contributed by atoms with Crippen molar-refractivity contribution in [2.24, 2.45) is 0 Å². The highest BCUT2D eigenvalue weighted by Gasteiger charge is 2.08. The zero-order valence-corrected chi connectivity index (χ0v) is 10.0. The molecule has 0 fully saturated rings. The van der Waals surface area contributed by atoms with E-state index in [0.29, 0.717) is 17.3 Å². The number of hydrogen-bond donors (Lipinski definition) is 1. The fraction of sp³-hybridized carbons (Fsp3) is 0.167. The van der Waals surface area contributed by atoms with Crippen LogP contribution in [0.3, 0.4) is 0 Å². The second kappa shape index (κ2) is 4.67. The lowest BCUT2D eigenvalue weighted by Gasteiger charge is -2.05. The Morgan fingerprint density at radius 1 is 1.24 bits per heavy atom. The minimum Gasteiger partial charge on any atom is -0.381 e. The van der Waals surface area contributed by atoms with Crippen molar-refractivity contribution >= 4 is 17.4 Å². The number of nitrogen functional groups attached to an aromatic ring is 1. The van der Waals surface area contributed by atoms with Crippen LogP contribution in [0, 0.1) is 12.7 Å². The maximum Gasteiger partial charge on any atom is 0.186 e. The van der Waals surface area contributed by atoms with Crippen LogP contribution in [0.5, 0.6) is 0 Å². The molecule has 0 aliphatic heterocycles. The summed E-state index contributed by atoms with van der Waals surface area (Å²) >= 11 is 5.79. The largest absolute Gasteiger partial charge is 0.381 e. The van der Waals surface area contributed by atoms with Crippen LogP contribution in [0.2, 0.25) is 5.02 Å². The molecule has 2 N–H and O–H groups in total. The van der Waals surface area contributed by atoms with E-state index in [0.717, 1.165) is 5.56 Å². The van der Waals surface area contributed by atoms with E-state index in [9.17, 15) is 4.39 Å². The second-order valence-corrected chi connectivity index (χ2v) is 4.16. The zero-order chi connectivity index (χ0) is 12.4. The average Bonchev–Trinajstić information content (AvgIpc) is 2.29. The molecule has 1 heterocycles. The van der Waals surface area contributed by atoms with Gasteiger partial charge < -0.3 is 5.73 Å². The highest BCUT2D eigenvalue weighted by molar-refractivity contribution is 6.30. The number of hydrogen-bond acceptors (Lipinski definition) is 3. The van der Waals surface area contributed by atoms with Gasteiger partial charge in [-0.1, -0.05) is 23.7 Å². The molecule has 17 heavy (non-hydrogen) atoms. The number of anilines is 1. The fourth-order valence-electron chi connectivity index (χ4n) is 1.51. The van der Waals surface area contributed by atoms with E-state index in [1.54, 1.807) is 19.1 Å². The number of halogens is 2. The summed E-state index contributed by atoms with van der Waals surface area (Å²) < 4.78 is 13.2. The highest BCUT2D eigenvalue weighted by atomic mass is 35.5. The molecular formula is C12H11ClFN3.